The van der Waals surface area contributed by atoms with Crippen molar-refractivity contribution in [3.63, 3.8) is 0 Å². The summed E-state index contributed by atoms with van der Waals surface area (Å²) < 4.78 is 0. The summed E-state index contributed by atoms with van der Waals surface area (Å²) in [5, 5.41) is 0. The molecule has 4 N–H and O–H groups in total. The van der Waals surface area contributed by atoms with Gasteiger partial charge in [-0.3, -0.25) is 4.98 Å². The number of hydrogen-bond acceptors (Lipinski definition) is 7. The van der Waals surface area contributed by atoms with Gasteiger partial charge in [-0.2, -0.15) is 15.0 Å². The number of rotatable bonds is 1. The molecule has 2 aromatic rings. The first-order chi connectivity index (χ1) is 6.25. The smallest absolute Gasteiger partial charge is 0.225 e. The van der Waals surface area contributed by atoms with E-state index < -0.39 is 0 Å². The zero-order valence-electron chi connectivity index (χ0n) is 6.51. The summed E-state index contributed by atoms with van der Waals surface area (Å²) in [4.78, 5) is 16.2. The summed E-state index contributed by atoms with van der Waals surface area (Å²) in [5.74, 6) is 0.708. The quantitative estimate of drug-likeness (QED) is 0.670. The van der Waals surface area contributed by atoms with Crippen LogP contribution in [0.4, 0.5) is 11.9 Å². The third-order valence-corrected chi connectivity index (χ3v) is 2.09. The van der Waals surface area contributed by atoms with Crippen molar-refractivity contribution in [3.8, 4) is 10.7 Å². The summed E-state index contributed by atoms with van der Waals surface area (Å²) in [6, 6.07) is 0. The Balaban J connectivity index is 2.53. The molecule has 13 heavy (non-hydrogen) atoms. The lowest BCUT2D eigenvalue weighted by atomic mass is 10.5. The van der Waals surface area contributed by atoms with Gasteiger partial charge >= 0.3 is 0 Å². The van der Waals surface area contributed by atoms with Crippen LogP contribution in [0.5, 0.6) is 0 Å². The average molecular weight is 194 g/mol. The van der Waals surface area contributed by atoms with Crippen LogP contribution in [0.15, 0.2) is 11.7 Å². The molecule has 2 heterocycles. The fraction of sp³-hybridized carbons (Fsp3) is 0. The topological polar surface area (TPSA) is 104 Å². The number of anilines is 2. The number of nitrogens with two attached hydrogens (primary N) is 2. The number of hydrogen-bond donors (Lipinski definition) is 2. The second kappa shape index (κ2) is 2.94. The molecule has 7 heteroatoms. The summed E-state index contributed by atoms with van der Waals surface area (Å²) in [7, 11) is 0. The molecule has 0 aliphatic carbocycles. The van der Waals surface area contributed by atoms with Crippen molar-refractivity contribution < 1.29 is 0 Å². The Hall–Kier alpha value is -1.76. The molecule has 0 bridgehead atoms. The normalized spacial score (nSPS) is 10.2. The minimum atomic E-state index is 0.121. The number of aromatic nitrogens is 4. The third-order valence-electron chi connectivity index (χ3n) is 1.32. The first-order valence-electron chi connectivity index (χ1n) is 3.41. The lowest BCUT2D eigenvalue weighted by Crippen LogP contribution is -2.03. The third kappa shape index (κ3) is 1.54. The zero-order chi connectivity index (χ0) is 9.26. The van der Waals surface area contributed by atoms with Gasteiger partial charge in [0, 0.05) is 6.20 Å². The van der Waals surface area contributed by atoms with Crippen LogP contribution in [0.25, 0.3) is 10.7 Å². The van der Waals surface area contributed by atoms with Crippen molar-refractivity contribution in [2.75, 3.05) is 11.5 Å². The molecule has 2 rings (SSSR count). The molecule has 0 saturated heterocycles. The number of thiazole rings is 1. The second-order valence-corrected chi connectivity index (χ2v) is 3.13. The maximum absolute atomic E-state index is 5.41. The van der Waals surface area contributed by atoms with E-state index in [-0.39, 0.29) is 11.9 Å². The fourth-order valence-electron chi connectivity index (χ4n) is 0.846. The maximum Gasteiger partial charge on any atom is 0.225 e. The highest BCUT2D eigenvalue weighted by molar-refractivity contribution is 7.13. The van der Waals surface area contributed by atoms with Gasteiger partial charge in [0.1, 0.15) is 0 Å². The van der Waals surface area contributed by atoms with Crippen LogP contribution in [0.1, 0.15) is 0 Å². The molecule has 0 atom stereocenters. The van der Waals surface area contributed by atoms with E-state index in [0.29, 0.717) is 5.82 Å². The second-order valence-electron chi connectivity index (χ2n) is 2.24. The van der Waals surface area contributed by atoms with Crippen molar-refractivity contribution in [2.24, 2.45) is 0 Å². The molecule has 0 unspecified atom stereocenters. The van der Waals surface area contributed by atoms with E-state index in [1.807, 2.05) is 0 Å². The van der Waals surface area contributed by atoms with Gasteiger partial charge in [-0.25, -0.2) is 0 Å². The van der Waals surface area contributed by atoms with Crippen molar-refractivity contribution in [1.29, 1.82) is 0 Å². The Kier molecular flexibility index (Phi) is 1.78. The molecular formula is C6H6N6S. The lowest BCUT2D eigenvalue weighted by Gasteiger charge is -1.97. The standard InChI is InChI=1S/C6H6N6S/c7-5-10-4(11-6(8)12-5)3-1-9-2-13-3/h1-2H,(H4,7,8,10,11,12). The van der Waals surface area contributed by atoms with Gasteiger partial charge in [0.2, 0.25) is 11.9 Å². The van der Waals surface area contributed by atoms with Crippen molar-refractivity contribution >= 4 is 23.2 Å². The Bertz CT molecular complexity index is 391. The van der Waals surface area contributed by atoms with E-state index in [1.54, 1.807) is 11.7 Å². The molecule has 0 amide bonds. The van der Waals surface area contributed by atoms with Gasteiger partial charge in [-0.05, 0) is 0 Å². The molecule has 0 saturated carbocycles. The van der Waals surface area contributed by atoms with Crippen molar-refractivity contribution in [2.45, 2.75) is 0 Å². The van der Waals surface area contributed by atoms with Gasteiger partial charge in [0.25, 0.3) is 0 Å². The maximum atomic E-state index is 5.41. The first-order valence-corrected chi connectivity index (χ1v) is 4.29. The molecule has 6 nitrogen and oxygen atoms in total. The largest absolute Gasteiger partial charge is 0.368 e. The summed E-state index contributed by atoms with van der Waals surface area (Å²) in [6.45, 7) is 0. The van der Waals surface area contributed by atoms with Crippen LogP contribution in [-0.4, -0.2) is 19.9 Å². The van der Waals surface area contributed by atoms with E-state index in [1.165, 1.54) is 11.3 Å². The highest BCUT2D eigenvalue weighted by Crippen LogP contribution is 2.19. The van der Waals surface area contributed by atoms with Gasteiger partial charge in [-0.15, -0.1) is 11.3 Å². The highest BCUT2D eigenvalue weighted by atomic mass is 32.1. The minimum Gasteiger partial charge on any atom is -0.368 e. The van der Waals surface area contributed by atoms with Crippen LogP contribution in [0, 0.1) is 0 Å². The number of nitrogen functional groups attached to an aromatic ring is 2. The molecule has 2 aromatic heterocycles. The minimum absolute atomic E-state index is 0.121. The van der Waals surface area contributed by atoms with Gasteiger partial charge in [0.05, 0.1) is 10.4 Å². The van der Waals surface area contributed by atoms with Gasteiger partial charge in [0.15, 0.2) is 5.82 Å². The van der Waals surface area contributed by atoms with Gasteiger partial charge < -0.3 is 11.5 Å². The molecule has 0 radical (unpaired) electrons. The van der Waals surface area contributed by atoms with Crippen molar-refractivity contribution in [1.82, 2.24) is 19.9 Å². The van der Waals surface area contributed by atoms with Crippen LogP contribution in [0.3, 0.4) is 0 Å². The molecule has 66 valence electrons. The SMILES string of the molecule is Nc1nc(N)nc(-c2cncs2)n1. The summed E-state index contributed by atoms with van der Waals surface area (Å²) in [5.41, 5.74) is 12.5. The predicted molar refractivity (Wildman–Crippen MR) is 49.8 cm³/mol. The highest BCUT2D eigenvalue weighted by Gasteiger charge is 2.05. The molecule has 0 spiro atoms. The predicted octanol–water partition coefficient (Wildman–Crippen LogP) is 0.159. The molecule has 0 fully saturated rings. The molecular weight excluding hydrogens is 188 g/mol. The van der Waals surface area contributed by atoms with E-state index in [2.05, 4.69) is 19.9 Å². The van der Waals surface area contributed by atoms with Crippen LogP contribution >= 0.6 is 11.3 Å². The Morgan fingerprint density at radius 2 is 1.77 bits per heavy atom. The fourth-order valence-corrected chi connectivity index (χ4v) is 1.40. The first kappa shape index (κ1) is 7.87. The van der Waals surface area contributed by atoms with Crippen molar-refractivity contribution in [3.05, 3.63) is 11.7 Å². The molecule has 0 aliphatic rings. The van der Waals surface area contributed by atoms with Crippen LogP contribution < -0.4 is 11.5 Å². The number of nitrogens with zero attached hydrogens (tertiary/aromatic N) is 4. The molecule has 0 aliphatic heterocycles. The van der Waals surface area contributed by atoms with E-state index in [0.717, 1.165) is 4.88 Å². The monoisotopic (exact) mass is 194 g/mol. The van der Waals surface area contributed by atoms with E-state index >= 15 is 0 Å². The average Bonchev–Trinajstić information content (AvgIpc) is 2.53. The van der Waals surface area contributed by atoms with E-state index in [4.69, 9.17) is 11.5 Å². The summed E-state index contributed by atoms with van der Waals surface area (Å²) >= 11 is 1.42. The van der Waals surface area contributed by atoms with Crippen LogP contribution in [-0.2, 0) is 0 Å². The Morgan fingerprint density at radius 1 is 1.08 bits per heavy atom. The summed E-state index contributed by atoms with van der Waals surface area (Å²) in [6.07, 6.45) is 1.65. The zero-order valence-corrected chi connectivity index (χ0v) is 7.32. The van der Waals surface area contributed by atoms with E-state index in [9.17, 15) is 0 Å². The Labute approximate surface area is 77.7 Å². The Morgan fingerprint density at radius 3 is 2.31 bits per heavy atom. The van der Waals surface area contributed by atoms with Gasteiger partial charge in [-0.1, -0.05) is 0 Å². The van der Waals surface area contributed by atoms with Crippen LogP contribution in [0.2, 0.25) is 0 Å². The molecule has 0 aromatic carbocycles. The lowest BCUT2D eigenvalue weighted by molar-refractivity contribution is 1.09.